The fourth-order valence-corrected chi connectivity index (χ4v) is 4.62. The highest BCUT2D eigenvalue weighted by molar-refractivity contribution is 7.86. The summed E-state index contributed by atoms with van der Waals surface area (Å²) in [4.78, 5) is 0. The van der Waals surface area contributed by atoms with Crippen molar-refractivity contribution in [2.45, 2.75) is 58.5 Å². The van der Waals surface area contributed by atoms with Gasteiger partial charge in [-0.2, -0.15) is 17.0 Å². The third kappa shape index (κ3) is 5.36. The molecule has 1 heterocycles. The van der Waals surface area contributed by atoms with Gasteiger partial charge in [0.15, 0.2) is 0 Å². The Morgan fingerprint density at radius 1 is 1.43 bits per heavy atom. The summed E-state index contributed by atoms with van der Waals surface area (Å²) in [6.45, 7) is 12.1. The van der Waals surface area contributed by atoms with Crippen LogP contribution in [0.4, 0.5) is 0 Å². The lowest BCUT2D eigenvalue weighted by Gasteiger charge is -2.38. The molecule has 21 heavy (non-hydrogen) atoms. The van der Waals surface area contributed by atoms with E-state index in [1.54, 1.807) is 14.7 Å². The number of nitrogens with zero attached hydrogens (tertiary/aromatic N) is 2. The van der Waals surface area contributed by atoms with Crippen molar-refractivity contribution in [3.05, 3.63) is 12.7 Å². The molecule has 1 aliphatic rings. The van der Waals surface area contributed by atoms with Gasteiger partial charge in [0.2, 0.25) is 0 Å². The van der Waals surface area contributed by atoms with Crippen molar-refractivity contribution in [2.75, 3.05) is 26.2 Å². The van der Waals surface area contributed by atoms with Gasteiger partial charge in [0.25, 0.3) is 10.2 Å². The summed E-state index contributed by atoms with van der Waals surface area (Å²) in [7, 11) is -3.39. The molecule has 0 amide bonds. The quantitative estimate of drug-likeness (QED) is 0.662. The summed E-state index contributed by atoms with van der Waals surface area (Å²) in [6.07, 6.45) is 5.47. The molecular formula is C15H31N3O2S. The molecule has 0 radical (unpaired) electrons. The molecular weight excluding hydrogens is 286 g/mol. The number of rotatable bonds is 9. The first-order chi connectivity index (χ1) is 9.93. The first-order valence-corrected chi connectivity index (χ1v) is 9.44. The van der Waals surface area contributed by atoms with Crippen LogP contribution >= 0.6 is 0 Å². The molecule has 0 aromatic heterocycles. The van der Waals surface area contributed by atoms with E-state index in [0.29, 0.717) is 25.7 Å². The smallest absolute Gasteiger partial charge is 0.282 e. The molecule has 1 rings (SSSR count). The van der Waals surface area contributed by atoms with Crippen molar-refractivity contribution in [1.82, 2.24) is 13.9 Å². The molecule has 5 nitrogen and oxygen atoms in total. The van der Waals surface area contributed by atoms with Gasteiger partial charge < -0.3 is 5.32 Å². The minimum Gasteiger partial charge on any atom is -0.313 e. The topological polar surface area (TPSA) is 52.7 Å². The van der Waals surface area contributed by atoms with Crippen LogP contribution in [0.1, 0.15) is 46.5 Å². The standard InChI is InChI=1S/C15H31N3O2S/c1-5-10-17(11-6-2)21(19,20)18-12-8-7-9-15(18)13-16-14(3)4/h5,14-16H,1,6-13H2,2-4H3. The van der Waals surface area contributed by atoms with E-state index in [0.717, 1.165) is 32.2 Å². The van der Waals surface area contributed by atoms with E-state index in [4.69, 9.17) is 0 Å². The minimum absolute atomic E-state index is 0.0651. The van der Waals surface area contributed by atoms with Crippen LogP contribution in [0.25, 0.3) is 0 Å². The molecule has 1 saturated heterocycles. The van der Waals surface area contributed by atoms with Crippen molar-refractivity contribution in [3.63, 3.8) is 0 Å². The van der Waals surface area contributed by atoms with Crippen LogP contribution in [-0.4, -0.2) is 55.3 Å². The molecule has 1 unspecified atom stereocenters. The molecule has 1 fully saturated rings. The van der Waals surface area contributed by atoms with Gasteiger partial charge in [-0.1, -0.05) is 33.3 Å². The highest BCUT2D eigenvalue weighted by atomic mass is 32.2. The van der Waals surface area contributed by atoms with Gasteiger partial charge in [0, 0.05) is 38.3 Å². The van der Waals surface area contributed by atoms with Gasteiger partial charge in [-0.15, -0.1) is 6.58 Å². The van der Waals surface area contributed by atoms with E-state index in [9.17, 15) is 8.42 Å². The van der Waals surface area contributed by atoms with Crippen molar-refractivity contribution >= 4 is 10.2 Å². The predicted molar refractivity (Wildman–Crippen MR) is 88.5 cm³/mol. The van der Waals surface area contributed by atoms with E-state index < -0.39 is 10.2 Å². The lowest BCUT2D eigenvalue weighted by Crippen LogP contribution is -2.54. The molecule has 0 aromatic rings. The summed E-state index contributed by atoms with van der Waals surface area (Å²) in [5, 5.41) is 3.38. The van der Waals surface area contributed by atoms with Crippen LogP contribution in [0.3, 0.4) is 0 Å². The van der Waals surface area contributed by atoms with Crippen molar-refractivity contribution in [2.24, 2.45) is 0 Å². The van der Waals surface area contributed by atoms with Gasteiger partial charge in [-0.05, 0) is 19.3 Å². The van der Waals surface area contributed by atoms with Crippen LogP contribution in [0.5, 0.6) is 0 Å². The first kappa shape index (κ1) is 18.6. The molecule has 6 heteroatoms. The van der Waals surface area contributed by atoms with E-state index in [1.807, 2.05) is 6.92 Å². The van der Waals surface area contributed by atoms with Gasteiger partial charge >= 0.3 is 0 Å². The highest BCUT2D eigenvalue weighted by Crippen LogP contribution is 2.22. The minimum atomic E-state index is -3.39. The molecule has 124 valence electrons. The van der Waals surface area contributed by atoms with Gasteiger partial charge in [0.1, 0.15) is 0 Å². The number of hydrogen-bond acceptors (Lipinski definition) is 3. The largest absolute Gasteiger partial charge is 0.313 e. The molecule has 1 aliphatic heterocycles. The van der Waals surface area contributed by atoms with Crippen LogP contribution in [0.15, 0.2) is 12.7 Å². The fourth-order valence-electron chi connectivity index (χ4n) is 2.70. The summed E-state index contributed by atoms with van der Waals surface area (Å²) < 4.78 is 29.0. The zero-order chi connectivity index (χ0) is 15.9. The summed E-state index contributed by atoms with van der Waals surface area (Å²) >= 11 is 0. The molecule has 0 aliphatic carbocycles. The van der Waals surface area contributed by atoms with E-state index in [1.165, 1.54) is 0 Å². The van der Waals surface area contributed by atoms with Gasteiger partial charge in [0.05, 0.1) is 0 Å². The number of hydrogen-bond donors (Lipinski definition) is 1. The van der Waals surface area contributed by atoms with E-state index in [-0.39, 0.29) is 6.04 Å². The molecule has 0 bridgehead atoms. The summed E-state index contributed by atoms with van der Waals surface area (Å²) in [6, 6.07) is 0.437. The Morgan fingerprint density at radius 3 is 2.71 bits per heavy atom. The monoisotopic (exact) mass is 317 g/mol. The Hall–Kier alpha value is -0.430. The SMILES string of the molecule is C=CCN(CCC)S(=O)(=O)N1CCCCC1CNC(C)C. The van der Waals surface area contributed by atoms with Crippen molar-refractivity contribution in [1.29, 1.82) is 0 Å². The van der Waals surface area contributed by atoms with E-state index in [2.05, 4.69) is 25.7 Å². The lowest BCUT2D eigenvalue weighted by atomic mass is 10.0. The first-order valence-electron chi connectivity index (χ1n) is 8.04. The molecule has 1 N–H and O–H groups in total. The number of nitrogens with one attached hydrogen (secondary N) is 1. The predicted octanol–water partition coefficient (Wildman–Crippen LogP) is 1.98. The zero-order valence-corrected chi connectivity index (χ0v) is 14.5. The Bertz CT molecular complexity index is 409. The third-order valence-corrected chi connectivity index (χ3v) is 5.82. The Morgan fingerprint density at radius 2 is 2.14 bits per heavy atom. The van der Waals surface area contributed by atoms with Gasteiger partial charge in [-0.25, -0.2) is 0 Å². The van der Waals surface area contributed by atoms with Crippen LogP contribution < -0.4 is 5.32 Å². The maximum absolute atomic E-state index is 12.9. The molecule has 0 aromatic carbocycles. The second-order valence-corrected chi connectivity index (χ2v) is 7.86. The van der Waals surface area contributed by atoms with Crippen LogP contribution in [0.2, 0.25) is 0 Å². The summed E-state index contributed by atoms with van der Waals surface area (Å²) in [5.41, 5.74) is 0. The Kier molecular flexibility index (Phi) is 7.87. The molecule has 0 saturated carbocycles. The third-order valence-electron chi connectivity index (χ3n) is 3.76. The maximum Gasteiger partial charge on any atom is 0.282 e. The lowest BCUT2D eigenvalue weighted by molar-refractivity contribution is 0.225. The van der Waals surface area contributed by atoms with Crippen molar-refractivity contribution in [3.8, 4) is 0 Å². The van der Waals surface area contributed by atoms with Crippen LogP contribution in [-0.2, 0) is 10.2 Å². The Labute approximate surface area is 130 Å². The molecule has 0 spiro atoms. The van der Waals surface area contributed by atoms with Gasteiger partial charge in [-0.3, -0.25) is 0 Å². The summed E-state index contributed by atoms with van der Waals surface area (Å²) in [5.74, 6) is 0. The van der Waals surface area contributed by atoms with E-state index >= 15 is 0 Å². The van der Waals surface area contributed by atoms with Crippen LogP contribution in [0, 0.1) is 0 Å². The average molecular weight is 317 g/mol. The maximum atomic E-state index is 12.9. The highest BCUT2D eigenvalue weighted by Gasteiger charge is 2.35. The second kappa shape index (κ2) is 8.88. The molecule has 1 atom stereocenters. The average Bonchev–Trinajstić information content (AvgIpc) is 2.45. The normalized spacial score (nSPS) is 21.1. The second-order valence-electron chi connectivity index (χ2n) is 5.98. The number of piperidine rings is 1. The Balaban J connectivity index is 2.86. The zero-order valence-electron chi connectivity index (χ0n) is 13.7. The van der Waals surface area contributed by atoms with Crippen molar-refractivity contribution < 1.29 is 8.42 Å². The fraction of sp³-hybridized carbons (Fsp3) is 0.867.